The summed E-state index contributed by atoms with van der Waals surface area (Å²) in [4.78, 5) is 0.687. The van der Waals surface area contributed by atoms with Crippen molar-refractivity contribution in [3.05, 3.63) is 47.7 Å². The highest BCUT2D eigenvalue weighted by atomic mass is 32.3. The van der Waals surface area contributed by atoms with Gasteiger partial charge in [-0.25, -0.2) is 0 Å². The summed E-state index contributed by atoms with van der Waals surface area (Å²) >= 11 is 1.56. The van der Waals surface area contributed by atoms with Crippen LogP contribution in [0.25, 0.3) is 0 Å². The van der Waals surface area contributed by atoms with E-state index in [1.807, 2.05) is 31.2 Å². The van der Waals surface area contributed by atoms with Crippen LogP contribution in [0.5, 0.6) is 0 Å². The molecule has 0 amide bonds. The monoisotopic (exact) mass is 282 g/mol. The molecular weight excluding hydrogens is 268 g/mol. The van der Waals surface area contributed by atoms with E-state index in [0.29, 0.717) is 10.6 Å². The fraction of sp³-hybridized carbons (Fsp3) is 0.231. The highest BCUT2D eigenvalue weighted by Crippen LogP contribution is 2.62. The van der Waals surface area contributed by atoms with Gasteiger partial charge in [0, 0.05) is 5.56 Å². The minimum atomic E-state index is -2.63. The Kier molecular flexibility index (Phi) is 2.94. The van der Waals surface area contributed by atoms with Crippen LogP contribution >= 0.6 is 22.4 Å². The molecule has 1 aromatic carbocycles. The maximum Gasteiger partial charge on any atom is 0.163 e. The van der Waals surface area contributed by atoms with Gasteiger partial charge in [0.15, 0.2) is 5.09 Å². The number of hydrogen-bond donors (Lipinski definition) is 2. The van der Waals surface area contributed by atoms with Crippen molar-refractivity contribution in [1.29, 1.82) is 0 Å². The molecule has 2 N–H and O–H groups in total. The van der Waals surface area contributed by atoms with Crippen molar-refractivity contribution in [1.82, 2.24) is 0 Å². The number of aryl methyl sites for hydroxylation is 1. The van der Waals surface area contributed by atoms with E-state index < -0.39 is 10.6 Å². The number of rotatable bonds is 2. The lowest BCUT2D eigenvalue weighted by molar-refractivity contribution is 0.470. The molecule has 0 radical (unpaired) electrons. The Morgan fingerprint density at radius 1 is 1.28 bits per heavy atom. The fourth-order valence-electron chi connectivity index (χ4n) is 2.14. The van der Waals surface area contributed by atoms with E-state index >= 15 is 0 Å². The van der Waals surface area contributed by atoms with Crippen LogP contribution in [0.3, 0.4) is 0 Å². The molecule has 3 nitrogen and oxygen atoms in total. The zero-order valence-electron chi connectivity index (χ0n) is 9.87. The largest absolute Gasteiger partial charge is 0.458 e. The summed E-state index contributed by atoms with van der Waals surface area (Å²) in [5, 5.41) is 0.906. The first-order valence-electron chi connectivity index (χ1n) is 5.63. The first kappa shape index (κ1) is 12.2. The highest BCUT2D eigenvalue weighted by Gasteiger charge is 2.35. The molecule has 96 valence electrons. The minimum Gasteiger partial charge on any atom is -0.458 e. The summed E-state index contributed by atoms with van der Waals surface area (Å²) in [5.74, 6) is 0.372. The first-order valence-corrected chi connectivity index (χ1v) is 8.23. The molecule has 0 bridgehead atoms. The van der Waals surface area contributed by atoms with E-state index in [9.17, 15) is 9.11 Å². The van der Waals surface area contributed by atoms with Crippen LogP contribution < -0.4 is 0 Å². The molecule has 18 heavy (non-hydrogen) atoms. The molecule has 2 heterocycles. The predicted octanol–water partition coefficient (Wildman–Crippen LogP) is 4.54. The zero-order chi connectivity index (χ0) is 12.8. The van der Waals surface area contributed by atoms with E-state index in [4.69, 9.17) is 4.42 Å². The summed E-state index contributed by atoms with van der Waals surface area (Å²) < 4.78 is 25.6. The SMILES string of the molecule is Cc1ccoc1SC1CS(O)(O)c2ccccc21. The molecule has 3 rings (SSSR count). The van der Waals surface area contributed by atoms with Crippen LogP contribution in [0, 0.1) is 6.92 Å². The minimum absolute atomic E-state index is 0.0519. The smallest absolute Gasteiger partial charge is 0.163 e. The predicted molar refractivity (Wildman–Crippen MR) is 74.5 cm³/mol. The van der Waals surface area contributed by atoms with Gasteiger partial charge in [-0.05, 0) is 24.6 Å². The molecule has 0 spiro atoms. The maximum atomic E-state index is 10.1. The molecule has 2 aromatic rings. The van der Waals surface area contributed by atoms with E-state index in [0.717, 1.165) is 16.2 Å². The molecule has 5 heteroatoms. The second-order valence-corrected chi connectivity index (χ2v) is 7.65. The second-order valence-electron chi connectivity index (χ2n) is 4.37. The standard InChI is InChI=1S/C13H14O3S2/c1-9-6-7-16-13(9)17-11-8-18(14,15)12-5-3-2-4-10(11)12/h2-7,11,14-15H,8H2,1H3. The summed E-state index contributed by atoms with van der Waals surface area (Å²) in [5.41, 5.74) is 2.10. The summed E-state index contributed by atoms with van der Waals surface area (Å²) in [6, 6.07) is 9.47. The molecule has 1 aliphatic rings. The van der Waals surface area contributed by atoms with Crippen molar-refractivity contribution >= 4 is 22.4 Å². The summed E-state index contributed by atoms with van der Waals surface area (Å²) in [6.45, 7) is 1.99. The number of fused-ring (bicyclic) bond motifs is 1. The summed E-state index contributed by atoms with van der Waals surface area (Å²) in [7, 11) is -2.63. The van der Waals surface area contributed by atoms with E-state index in [1.54, 1.807) is 24.1 Å². The van der Waals surface area contributed by atoms with Gasteiger partial charge < -0.3 is 4.42 Å². The van der Waals surface area contributed by atoms with E-state index in [1.165, 1.54) is 0 Å². The topological polar surface area (TPSA) is 53.6 Å². The fourth-order valence-corrected chi connectivity index (χ4v) is 5.68. The molecule has 1 aliphatic heterocycles. The Bertz CT molecular complexity index is 577. The lowest BCUT2D eigenvalue weighted by Gasteiger charge is -2.27. The van der Waals surface area contributed by atoms with Crippen molar-refractivity contribution in [2.45, 2.75) is 22.2 Å². The van der Waals surface area contributed by atoms with Gasteiger partial charge in [0.2, 0.25) is 0 Å². The maximum absolute atomic E-state index is 10.1. The van der Waals surface area contributed by atoms with Gasteiger partial charge in [0.05, 0.1) is 22.2 Å². The molecule has 0 fully saturated rings. The Balaban J connectivity index is 1.94. The van der Waals surface area contributed by atoms with Gasteiger partial charge >= 0.3 is 0 Å². The average molecular weight is 282 g/mol. The van der Waals surface area contributed by atoms with Crippen LogP contribution in [0.15, 0.2) is 51.0 Å². The van der Waals surface area contributed by atoms with Gasteiger partial charge in [0.1, 0.15) is 0 Å². The van der Waals surface area contributed by atoms with Crippen LogP contribution in [-0.2, 0) is 0 Å². The van der Waals surface area contributed by atoms with Gasteiger partial charge in [-0.2, -0.15) is 10.6 Å². The molecule has 1 aromatic heterocycles. The van der Waals surface area contributed by atoms with Gasteiger partial charge in [-0.3, -0.25) is 9.11 Å². The molecule has 1 atom stereocenters. The Morgan fingerprint density at radius 2 is 2.06 bits per heavy atom. The van der Waals surface area contributed by atoms with Crippen molar-refractivity contribution in [3.63, 3.8) is 0 Å². The average Bonchev–Trinajstić information content (AvgIpc) is 2.84. The third-order valence-electron chi connectivity index (χ3n) is 3.07. The van der Waals surface area contributed by atoms with Crippen LogP contribution in [0.4, 0.5) is 0 Å². The molecular formula is C13H14O3S2. The van der Waals surface area contributed by atoms with Crippen molar-refractivity contribution < 1.29 is 13.5 Å². The van der Waals surface area contributed by atoms with Gasteiger partial charge in [0.25, 0.3) is 0 Å². The lowest BCUT2D eigenvalue weighted by Crippen LogP contribution is -1.98. The third-order valence-corrected chi connectivity index (χ3v) is 6.49. The van der Waals surface area contributed by atoms with Crippen LogP contribution in [-0.4, -0.2) is 14.9 Å². The quantitative estimate of drug-likeness (QED) is 0.848. The van der Waals surface area contributed by atoms with Crippen LogP contribution in [0.2, 0.25) is 0 Å². The highest BCUT2D eigenvalue weighted by molar-refractivity contribution is 8.25. The number of hydrogen-bond acceptors (Lipinski definition) is 4. The normalized spacial score (nSPS) is 22.7. The van der Waals surface area contributed by atoms with E-state index in [-0.39, 0.29) is 5.25 Å². The van der Waals surface area contributed by atoms with Crippen molar-refractivity contribution in [2.24, 2.45) is 0 Å². The molecule has 0 saturated carbocycles. The van der Waals surface area contributed by atoms with Crippen LogP contribution in [0.1, 0.15) is 16.4 Å². The Labute approximate surface area is 112 Å². The molecule has 0 aliphatic carbocycles. The van der Waals surface area contributed by atoms with E-state index in [2.05, 4.69) is 0 Å². The zero-order valence-corrected chi connectivity index (χ0v) is 11.5. The first-order chi connectivity index (χ1) is 8.58. The summed E-state index contributed by atoms with van der Waals surface area (Å²) in [6.07, 6.45) is 1.66. The molecule has 1 unspecified atom stereocenters. The van der Waals surface area contributed by atoms with Crippen molar-refractivity contribution in [2.75, 3.05) is 5.75 Å². The second kappa shape index (κ2) is 4.35. The number of thioether (sulfide) groups is 1. The Hall–Kier alpha value is -0.880. The third kappa shape index (κ3) is 1.97. The Morgan fingerprint density at radius 3 is 2.78 bits per heavy atom. The number of furan rings is 1. The van der Waals surface area contributed by atoms with Crippen molar-refractivity contribution in [3.8, 4) is 0 Å². The number of benzene rings is 1. The lowest BCUT2D eigenvalue weighted by atomic mass is 10.2. The van der Waals surface area contributed by atoms with Gasteiger partial charge in [-0.1, -0.05) is 30.0 Å². The van der Waals surface area contributed by atoms with Gasteiger partial charge in [-0.15, -0.1) is 0 Å². The molecule has 0 saturated heterocycles.